The highest BCUT2D eigenvalue weighted by molar-refractivity contribution is 5.78. The molecular weight excluding hydrogens is 334 g/mol. The quantitative estimate of drug-likeness (QED) is 0.850. The number of hydrogen-bond donors (Lipinski definition) is 1. The van der Waals surface area contributed by atoms with Gasteiger partial charge >= 0.3 is 0 Å². The number of nitrogens with zero attached hydrogens (tertiary/aromatic N) is 4. The molecule has 0 radical (unpaired) electrons. The Labute approximate surface area is 152 Å². The van der Waals surface area contributed by atoms with Gasteiger partial charge in [-0.2, -0.15) is 0 Å². The van der Waals surface area contributed by atoms with Gasteiger partial charge in [-0.1, -0.05) is 23.4 Å². The molecule has 1 fully saturated rings. The number of carbonyl (C=O) groups is 1. The van der Waals surface area contributed by atoms with E-state index in [0.717, 1.165) is 36.5 Å². The normalized spacial score (nSPS) is 22.3. The lowest BCUT2D eigenvalue weighted by Crippen LogP contribution is -2.50. The van der Waals surface area contributed by atoms with Crippen LogP contribution < -0.4 is 10.1 Å². The first kappa shape index (κ1) is 17.0. The van der Waals surface area contributed by atoms with Gasteiger partial charge in [0.2, 0.25) is 5.91 Å². The van der Waals surface area contributed by atoms with E-state index < -0.39 is 0 Å². The first-order chi connectivity index (χ1) is 12.7. The lowest BCUT2D eigenvalue weighted by molar-refractivity contribution is -0.124. The van der Waals surface area contributed by atoms with E-state index in [0.29, 0.717) is 19.7 Å². The molecule has 1 saturated heterocycles. The third-order valence-corrected chi connectivity index (χ3v) is 5.05. The van der Waals surface area contributed by atoms with Crippen molar-refractivity contribution in [2.24, 2.45) is 0 Å². The molecule has 4 rings (SSSR count). The van der Waals surface area contributed by atoms with E-state index in [1.165, 1.54) is 0 Å². The van der Waals surface area contributed by atoms with E-state index in [1.807, 2.05) is 28.9 Å². The van der Waals surface area contributed by atoms with Crippen LogP contribution in [0.3, 0.4) is 0 Å². The fourth-order valence-corrected chi connectivity index (χ4v) is 3.69. The minimum atomic E-state index is 0.00453. The zero-order chi connectivity index (χ0) is 17.9. The second-order valence-corrected chi connectivity index (χ2v) is 6.70. The van der Waals surface area contributed by atoms with Crippen molar-refractivity contribution < 1.29 is 14.3 Å². The van der Waals surface area contributed by atoms with Crippen molar-refractivity contribution in [3.05, 3.63) is 41.7 Å². The summed E-state index contributed by atoms with van der Waals surface area (Å²) in [5, 5.41) is 11.2. The first-order valence-electron chi connectivity index (χ1n) is 8.86. The number of hydrogen-bond acceptors (Lipinski definition) is 6. The number of nitrogens with one attached hydrogen (secondary N) is 1. The van der Waals surface area contributed by atoms with Gasteiger partial charge in [0.05, 0.1) is 44.3 Å². The molecule has 2 aromatic rings. The molecule has 26 heavy (non-hydrogen) atoms. The second kappa shape index (κ2) is 7.43. The van der Waals surface area contributed by atoms with Crippen LogP contribution in [-0.4, -0.2) is 58.6 Å². The van der Waals surface area contributed by atoms with Crippen molar-refractivity contribution in [1.29, 1.82) is 0 Å². The van der Waals surface area contributed by atoms with Crippen LogP contribution in [0.1, 0.15) is 23.7 Å². The molecule has 0 aliphatic carbocycles. The Morgan fingerprint density at radius 1 is 1.42 bits per heavy atom. The summed E-state index contributed by atoms with van der Waals surface area (Å²) < 4.78 is 13.2. The van der Waals surface area contributed by atoms with Crippen LogP contribution in [0.25, 0.3) is 0 Å². The number of likely N-dealkylation sites (tertiary alicyclic amines) is 1. The van der Waals surface area contributed by atoms with Crippen molar-refractivity contribution in [3.63, 3.8) is 0 Å². The largest absolute Gasteiger partial charge is 0.496 e. The average Bonchev–Trinajstić information content (AvgIpc) is 3.16. The predicted octanol–water partition coefficient (Wildman–Crippen LogP) is 0.749. The van der Waals surface area contributed by atoms with E-state index in [2.05, 4.69) is 20.5 Å². The van der Waals surface area contributed by atoms with Gasteiger partial charge in [-0.25, -0.2) is 4.68 Å². The fourth-order valence-electron chi connectivity index (χ4n) is 3.69. The molecule has 0 spiro atoms. The molecule has 138 valence electrons. The van der Waals surface area contributed by atoms with Crippen LogP contribution >= 0.6 is 0 Å². The number of piperidine rings is 1. The lowest BCUT2D eigenvalue weighted by atomic mass is 10.0. The molecule has 0 bridgehead atoms. The SMILES string of the molecule is COc1ccccc1CNC(=O)CN1CCC2OCc3cnnn3C2C1. The third kappa shape index (κ3) is 3.42. The smallest absolute Gasteiger partial charge is 0.234 e. The monoisotopic (exact) mass is 357 g/mol. The minimum Gasteiger partial charge on any atom is -0.496 e. The third-order valence-electron chi connectivity index (χ3n) is 5.05. The summed E-state index contributed by atoms with van der Waals surface area (Å²) in [7, 11) is 1.63. The number of ether oxygens (including phenoxy) is 2. The van der Waals surface area contributed by atoms with Gasteiger partial charge in [0.1, 0.15) is 5.75 Å². The average molecular weight is 357 g/mol. The number of carbonyl (C=O) groups excluding carboxylic acids is 1. The van der Waals surface area contributed by atoms with Gasteiger partial charge in [0.25, 0.3) is 0 Å². The number of benzene rings is 1. The Morgan fingerprint density at radius 2 is 2.31 bits per heavy atom. The Bertz CT molecular complexity index is 778. The van der Waals surface area contributed by atoms with Gasteiger partial charge in [-0.15, -0.1) is 5.10 Å². The van der Waals surface area contributed by atoms with Crippen molar-refractivity contribution in [3.8, 4) is 5.75 Å². The summed E-state index contributed by atoms with van der Waals surface area (Å²) in [6, 6.07) is 7.82. The maximum atomic E-state index is 12.4. The van der Waals surface area contributed by atoms with Gasteiger partial charge in [-0.05, 0) is 12.5 Å². The molecule has 8 nitrogen and oxygen atoms in total. The highest BCUT2D eigenvalue weighted by Gasteiger charge is 2.36. The Balaban J connectivity index is 1.33. The molecule has 2 atom stereocenters. The van der Waals surface area contributed by atoms with E-state index in [4.69, 9.17) is 9.47 Å². The summed E-state index contributed by atoms with van der Waals surface area (Å²) in [6.07, 6.45) is 2.79. The van der Waals surface area contributed by atoms with Gasteiger partial charge in [0.15, 0.2) is 0 Å². The van der Waals surface area contributed by atoms with E-state index in [9.17, 15) is 4.79 Å². The van der Waals surface area contributed by atoms with Crippen LogP contribution in [0.2, 0.25) is 0 Å². The number of methoxy groups -OCH3 is 1. The minimum absolute atomic E-state index is 0.00453. The molecular formula is C18H23N5O3. The van der Waals surface area contributed by atoms with Crippen LogP contribution in [0.4, 0.5) is 0 Å². The van der Waals surface area contributed by atoms with Crippen molar-refractivity contribution >= 4 is 5.91 Å². The number of aromatic nitrogens is 3. The van der Waals surface area contributed by atoms with Gasteiger partial charge in [0, 0.05) is 25.2 Å². The molecule has 1 N–H and O–H groups in total. The fraction of sp³-hybridized carbons (Fsp3) is 0.500. The van der Waals surface area contributed by atoms with Gasteiger partial charge in [-0.3, -0.25) is 9.69 Å². The van der Waals surface area contributed by atoms with E-state index >= 15 is 0 Å². The summed E-state index contributed by atoms with van der Waals surface area (Å²) in [4.78, 5) is 14.5. The maximum Gasteiger partial charge on any atom is 0.234 e. The molecule has 1 aromatic carbocycles. The Hall–Kier alpha value is -2.45. The molecule has 2 unspecified atom stereocenters. The second-order valence-electron chi connectivity index (χ2n) is 6.70. The standard InChI is InChI=1S/C18H23N5O3/c1-25-16-5-3-2-4-13(16)8-19-18(24)11-22-7-6-17-15(10-22)23-14(12-26-17)9-20-21-23/h2-5,9,15,17H,6-8,10-12H2,1H3,(H,19,24). The Kier molecular flexibility index (Phi) is 4.85. The molecule has 1 amide bonds. The maximum absolute atomic E-state index is 12.4. The number of rotatable bonds is 5. The topological polar surface area (TPSA) is 81.5 Å². The predicted molar refractivity (Wildman–Crippen MR) is 93.5 cm³/mol. The van der Waals surface area contributed by atoms with Crippen LogP contribution in [-0.2, 0) is 22.7 Å². The van der Waals surface area contributed by atoms with Crippen LogP contribution in [0.5, 0.6) is 5.75 Å². The summed E-state index contributed by atoms with van der Waals surface area (Å²) >= 11 is 0. The molecule has 0 saturated carbocycles. The van der Waals surface area contributed by atoms with Crippen molar-refractivity contribution in [2.75, 3.05) is 26.7 Å². The zero-order valence-electron chi connectivity index (χ0n) is 14.8. The number of para-hydroxylation sites is 1. The summed E-state index contributed by atoms with van der Waals surface area (Å²) in [5.41, 5.74) is 1.96. The summed E-state index contributed by atoms with van der Waals surface area (Å²) in [5.74, 6) is 0.788. The van der Waals surface area contributed by atoms with E-state index in [-0.39, 0.29) is 18.1 Å². The lowest BCUT2D eigenvalue weighted by Gasteiger charge is -2.40. The zero-order valence-corrected chi connectivity index (χ0v) is 14.8. The molecule has 2 aliphatic rings. The first-order valence-corrected chi connectivity index (χ1v) is 8.86. The van der Waals surface area contributed by atoms with E-state index in [1.54, 1.807) is 13.3 Å². The number of fused-ring (bicyclic) bond motifs is 3. The molecule has 1 aromatic heterocycles. The molecule has 8 heteroatoms. The molecule has 2 aliphatic heterocycles. The van der Waals surface area contributed by atoms with Crippen LogP contribution in [0, 0.1) is 0 Å². The van der Waals surface area contributed by atoms with Crippen LogP contribution in [0.15, 0.2) is 30.5 Å². The summed E-state index contributed by atoms with van der Waals surface area (Å²) in [6.45, 7) is 2.96. The van der Waals surface area contributed by atoms with Gasteiger partial charge < -0.3 is 14.8 Å². The van der Waals surface area contributed by atoms with Crippen molar-refractivity contribution in [1.82, 2.24) is 25.2 Å². The Morgan fingerprint density at radius 3 is 3.19 bits per heavy atom. The highest BCUT2D eigenvalue weighted by Crippen LogP contribution is 2.29. The molecule has 3 heterocycles. The highest BCUT2D eigenvalue weighted by atomic mass is 16.5. The van der Waals surface area contributed by atoms with Crippen molar-refractivity contribution in [2.45, 2.75) is 31.7 Å². The number of amides is 1.